The van der Waals surface area contributed by atoms with Crippen LogP contribution in [0.25, 0.3) is 0 Å². The Labute approximate surface area is 113 Å². The minimum absolute atomic E-state index is 0.0525. The minimum atomic E-state index is -3.61. The maximum atomic E-state index is 12.4. The average Bonchev–Trinajstić information content (AvgIpc) is 2.47. The number of sulfonamides is 1. The molecule has 1 aliphatic heterocycles. The first kappa shape index (κ1) is 13.9. The molecule has 1 N–H and O–H groups in total. The lowest BCUT2D eigenvalue weighted by atomic mass is 10.1. The Hall–Kier alpha value is -1.49. The van der Waals surface area contributed by atoms with E-state index in [1.807, 2.05) is 13.1 Å². The van der Waals surface area contributed by atoms with Crippen molar-refractivity contribution in [3.8, 4) is 6.07 Å². The van der Waals surface area contributed by atoms with Gasteiger partial charge in [-0.3, -0.25) is 0 Å². The van der Waals surface area contributed by atoms with Crippen LogP contribution in [0.15, 0.2) is 23.4 Å². The first-order valence-electron chi connectivity index (χ1n) is 6.11. The summed E-state index contributed by atoms with van der Waals surface area (Å²) in [6.07, 6.45) is 3.14. The fourth-order valence-electron chi connectivity index (χ4n) is 2.15. The Morgan fingerprint density at radius 3 is 3.05 bits per heavy atom. The number of hydrogen-bond donors (Lipinski definition) is 1. The Kier molecular flexibility index (Phi) is 4.14. The van der Waals surface area contributed by atoms with Gasteiger partial charge in [-0.15, -0.1) is 0 Å². The van der Waals surface area contributed by atoms with Crippen LogP contribution in [0.4, 0.5) is 0 Å². The van der Waals surface area contributed by atoms with Crippen LogP contribution in [0.5, 0.6) is 0 Å². The van der Waals surface area contributed by atoms with E-state index in [4.69, 9.17) is 5.26 Å². The summed E-state index contributed by atoms with van der Waals surface area (Å²) in [5, 5.41) is 11.9. The van der Waals surface area contributed by atoms with Crippen molar-refractivity contribution in [1.82, 2.24) is 14.6 Å². The van der Waals surface area contributed by atoms with Gasteiger partial charge in [0, 0.05) is 25.3 Å². The molecular weight excluding hydrogens is 264 g/mol. The van der Waals surface area contributed by atoms with E-state index in [0.29, 0.717) is 18.7 Å². The minimum Gasteiger partial charge on any atom is -0.316 e. The average molecular weight is 280 g/mol. The Morgan fingerprint density at radius 1 is 1.58 bits per heavy atom. The van der Waals surface area contributed by atoms with Crippen molar-refractivity contribution in [2.75, 3.05) is 20.1 Å². The lowest BCUT2D eigenvalue weighted by Gasteiger charge is -2.31. The number of aromatic nitrogens is 1. The number of hydrogen-bond acceptors (Lipinski definition) is 5. The van der Waals surface area contributed by atoms with Crippen molar-refractivity contribution in [3.05, 3.63) is 23.9 Å². The molecule has 0 spiro atoms. The maximum Gasteiger partial charge on any atom is 0.260 e. The van der Waals surface area contributed by atoms with Crippen LogP contribution in [0.2, 0.25) is 0 Å². The third kappa shape index (κ3) is 2.92. The molecule has 19 heavy (non-hydrogen) atoms. The number of nitriles is 1. The van der Waals surface area contributed by atoms with Gasteiger partial charge in [0.05, 0.1) is 11.6 Å². The third-order valence-electron chi connectivity index (χ3n) is 3.26. The van der Waals surface area contributed by atoms with Gasteiger partial charge in [0.15, 0.2) is 5.03 Å². The molecule has 1 saturated heterocycles. The molecule has 6 nitrogen and oxygen atoms in total. The van der Waals surface area contributed by atoms with Crippen LogP contribution in [0.3, 0.4) is 0 Å². The third-order valence-corrected chi connectivity index (χ3v) is 5.02. The molecule has 0 saturated carbocycles. The number of piperidine rings is 1. The van der Waals surface area contributed by atoms with Gasteiger partial charge in [0.2, 0.25) is 0 Å². The standard InChI is InChI=1S/C12H16N4O2S/c1-14-11-3-2-6-16(9-11)19(17,18)12-7-10(8-13)4-5-15-12/h4-5,7,11,14H,2-3,6,9H2,1H3. The molecule has 0 aliphatic carbocycles. The van der Waals surface area contributed by atoms with Gasteiger partial charge in [0.1, 0.15) is 0 Å². The highest BCUT2D eigenvalue weighted by Gasteiger charge is 2.30. The van der Waals surface area contributed by atoms with Crippen LogP contribution in [-0.4, -0.2) is 43.9 Å². The molecule has 0 bridgehead atoms. The summed E-state index contributed by atoms with van der Waals surface area (Å²) in [6, 6.07) is 4.91. The summed E-state index contributed by atoms with van der Waals surface area (Å²) in [7, 11) is -1.78. The molecular formula is C12H16N4O2S. The molecule has 1 unspecified atom stereocenters. The summed E-state index contributed by atoms with van der Waals surface area (Å²) < 4.78 is 26.3. The van der Waals surface area contributed by atoms with E-state index in [9.17, 15) is 8.42 Å². The molecule has 1 atom stereocenters. The topological polar surface area (TPSA) is 86.1 Å². The van der Waals surface area contributed by atoms with E-state index >= 15 is 0 Å². The molecule has 7 heteroatoms. The van der Waals surface area contributed by atoms with Gasteiger partial charge in [-0.05, 0) is 32.0 Å². The van der Waals surface area contributed by atoms with Gasteiger partial charge >= 0.3 is 0 Å². The van der Waals surface area contributed by atoms with Gasteiger partial charge in [0.25, 0.3) is 10.0 Å². The number of nitrogens with zero attached hydrogens (tertiary/aromatic N) is 3. The molecule has 2 rings (SSSR count). The molecule has 0 radical (unpaired) electrons. The van der Waals surface area contributed by atoms with Crippen LogP contribution in [0.1, 0.15) is 18.4 Å². The summed E-state index contributed by atoms with van der Waals surface area (Å²) in [6.45, 7) is 0.941. The number of pyridine rings is 1. The second-order valence-corrected chi connectivity index (χ2v) is 6.37. The van der Waals surface area contributed by atoms with Gasteiger partial charge < -0.3 is 5.32 Å². The van der Waals surface area contributed by atoms with Crippen LogP contribution in [0, 0.1) is 11.3 Å². The van der Waals surface area contributed by atoms with Gasteiger partial charge in [-0.1, -0.05) is 0 Å². The Bertz CT molecular complexity index is 594. The Balaban J connectivity index is 2.29. The second kappa shape index (κ2) is 5.65. The van der Waals surface area contributed by atoms with Crippen LogP contribution >= 0.6 is 0 Å². The summed E-state index contributed by atoms with van der Waals surface area (Å²) in [5.41, 5.74) is 0.302. The molecule has 1 aliphatic rings. The first-order chi connectivity index (χ1) is 9.07. The zero-order valence-corrected chi connectivity index (χ0v) is 11.5. The molecule has 1 aromatic rings. The molecule has 0 amide bonds. The molecule has 2 heterocycles. The number of nitrogens with one attached hydrogen (secondary N) is 1. The summed E-state index contributed by atoms with van der Waals surface area (Å²) in [5.74, 6) is 0. The van der Waals surface area contributed by atoms with Crippen molar-refractivity contribution in [1.29, 1.82) is 5.26 Å². The zero-order valence-electron chi connectivity index (χ0n) is 10.7. The summed E-state index contributed by atoms with van der Waals surface area (Å²) >= 11 is 0. The van der Waals surface area contributed by atoms with Crippen molar-refractivity contribution in [2.45, 2.75) is 23.9 Å². The van der Waals surface area contributed by atoms with E-state index in [1.165, 1.54) is 22.6 Å². The van der Waals surface area contributed by atoms with Gasteiger partial charge in [-0.2, -0.15) is 9.57 Å². The van der Waals surface area contributed by atoms with Crippen LogP contribution in [-0.2, 0) is 10.0 Å². The van der Waals surface area contributed by atoms with Gasteiger partial charge in [-0.25, -0.2) is 13.4 Å². The van der Waals surface area contributed by atoms with Crippen molar-refractivity contribution in [3.63, 3.8) is 0 Å². The SMILES string of the molecule is CNC1CCCN(S(=O)(=O)c2cc(C#N)ccn2)C1. The lowest BCUT2D eigenvalue weighted by molar-refractivity contribution is 0.292. The maximum absolute atomic E-state index is 12.4. The smallest absolute Gasteiger partial charge is 0.260 e. The molecule has 102 valence electrons. The number of rotatable bonds is 3. The van der Waals surface area contributed by atoms with E-state index in [-0.39, 0.29) is 11.1 Å². The predicted octanol–water partition coefficient (Wildman–Crippen LogP) is 0.326. The predicted molar refractivity (Wildman–Crippen MR) is 69.8 cm³/mol. The van der Waals surface area contributed by atoms with Crippen molar-refractivity contribution < 1.29 is 8.42 Å². The van der Waals surface area contributed by atoms with E-state index < -0.39 is 10.0 Å². The largest absolute Gasteiger partial charge is 0.316 e. The second-order valence-electron chi connectivity index (χ2n) is 4.49. The van der Waals surface area contributed by atoms with E-state index in [0.717, 1.165) is 12.8 Å². The van der Waals surface area contributed by atoms with Crippen molar-refractivity contribution >= 4 is 10.0 Å². The Morgan fingerprint density at radius 2 is 2.37 bits per heavy atom. The molecule has 0 aromatic carbocycles. The monoisotopic (exact) mass is 280 g/mol. The lowest BCUT2D eigenvalue weighted by Crippen LogP contribution is -2.47. The molecule has 1 aromatic heterocycles. The quantitative estimate of drug-likeness (QED) is 0.862. The van der Waals surface area contributed by atoms with E-state index in [1.54, 1.807) is 0 Å². The highest BCUT2D eigenvalue weighted by atomic mass is 32.2. The summed E-state index contributed by atoms with van der Waals surface area (Å²) in [4.78, 5) is 3.88. The first-order valence-corrected chi connectivity index (χ1v) is 7.55. The van der Waals surface area contributed by atoms with Crippen LogP contribution < -0.4 is 5.32 Å². The highest BCUT2D eigenvalue weighted by Crippen LogP contribution is 2.19. The fraction of sp³-hybridized carbons (Fsp3) is 0.500. The fourth-order valence-corrected chi connectivity index (χ4v) is 3.63. The highest BCUT2D eigenvalue weighted by molar-refractivity contribution is 7.89. The zero-order chi connectivity index (χ0) is 13.9. The normalized spacial score (nSPS) is 20.9. The van der Waals surface area contributed by atoms with Crippen molar-refractivity contribution in [2.24, 2.45) is 0 Å². The number of likely N-dealkylation sites (N-methyl/N-ethyl adjacent to an activating group) is 1. The van der Waals surface area contributed by atoms with E-state index in [2.05, 4.69) is 10.3 Å². The molecule has 1 fully saturated rings.